The van der Waals surface area contributed by atoms with Gasteiger partial charge in [0, 0.05) is 18.7 Å². The van der Waals surface area contributed by atoms with Crippen LogP contribution in [0.25, 0.3) is 0 Å². The molecule has 2 rings (SSSR count). The number of aliphatic carboxylic acids is 1. The minimum absolute atomic E-state index is 0.0219. The van der Waals surface area contributed by atoms with Gasteiger partial charge in [-0.2, -0.15) is 0 Å². The molecule has 0 aromatic heterocycles. The topological polar surface area (TPSA) is 113 Å². The van der Waals surface area contributed by atoms with Crippen LogP contribution in [0, 0.1) is 5.92 Å². The van der Waals surface area contributed by atoms with Crippen LogP contribution in [0.1, 0.15) is 63.4 Å². The number of hydrogen-bond donors (Lipinski definition) is 1. The monoisotopic (exact) mass is 476 g/mol. The lowest BCUT2D eigenvalue weighted by Gasteiger charge is -2.49. The Morgan fingerprint density at radius 1 is 1.12 bits per heavy atom. The molecule has 1 saturated heterocycles. The molecule has 0 radical (unpaired) electrons. The maximum atomic E-state index is 13.7. The molecule has 0 aliphatic carbocycles. The highest BCUT2D eigenvalue weighted by Crippen LogP contribution is 2.35. The van der Waals surface area contributed by atoms with Gasteiger partial charge in [0.05, 0.1) is 20.8 Å². The highest BCUT2D eigenvalue weighted by molar-refractivity contribution is 5.99. The Morgan fingerprint density at radius 2 is 1.76 bits per heavy atom. The van der Waals surface area contributed by atoms with Crippen LogP contribution >= 0.6 is 0 Å². The van der Waals surface area contributed by atoms with Gasteiger partial charge >= 0.3 is 11.9 Å². The van der Waals surface area contributed by atoms with Crippen LogP contribution in [-0.4, -0.2) is 78.1 Å². The second-order valence-electron chi connectivity index (χ2n) is 10.1. The van der Waals surface area contributed by atoms with Crippen molar-refractivity contribution in [1.82, 2.24) is 9.80 Å². The van der Waals surface area contributed by atoms with Crippen molar-refractivity contribution in [2.24, 2.45) is 5.92 Å². The molecule has 34 heavy (non-hydrogen) atoms. The van der Waals surface area contributed by atoms with Gasteiger partial charge in [0.1, 0.15) is 12.2 Å². The minimum atomic E-state index is -1.63. The van der Waals surface area contributed by atoms with Gasteiger partial charge in [-0.05, 0) is 35.4 Å². The predicted octanol–water partition coefficient (Wildman–Crippen LogP) is 2.71. The Hall–Kier alpha value is -3.10. The number of rotatable bonds is 7. The van der Waals surface area contributed by atoms with Crippen LogP contribution in [0.3, 0.4) is 0 Å². The molecule has 1 heterocycles. The number of piperazine rings is 1. The Bertz CT molecular complexity index is 951. The molecule has 1 atom stereocenters. The number of nitrogens with zero attached hydrogens (tertiary/aromatic N) is 2. The number of benzene rings is 1. The summed E-state index contributed by atoms with van der Waals surface area (Å²) < 4.78 is 10.1. The quantitative estimate of drug-likeness (QED) is 0.475. The predicted molar refractivity (Wildman–Crippen MR) is 126 cm³/mol. The van der Waals surface area contributed by atoms with E-state index in [-0.39, 0.29) is 37.4 Å². The van der Waals surface area contributed by atoms with Gasteiger partial charge in [0.25, 0.3) is 5.91 Å². The van der Waals surface area contributed by atoms with Crippen molar-refractivity contribution in [3.05, 3.63) is 29.3 Å². The normalized spacial score (nSPS) is 18.6. The number of carbonyl (C=O) groups excluding carboxylic acids is 3. The fourth-order valence-corrected chi connectivity index (χ4v) is 4.45. The lowest BCUT2D eigenvalue weighted by atomic mass is 9.83. The molecule has 0 bridgehead atoms. The third kappa shape index (κ3) is 5.69. The molecule has 1 N–H and O–H groups in total. The zero-order valence-electron chi connectivity index (χ0n) is 21.1. The Labute approximate surface area is 201 Å². The fraction of sp³-hybridized carbons (Fsp3) is 0.600. The van der Waals surface area contributed by atoms with Crippen LogP contribution in [0.5, 0.6) is 5.75 Å². The summed E-state index contributed by atoms with van der Waals surface area (Å²) in [6.45, 7) is 9.77. The molecule has 1 fully saturated rings. The Balaban J connectivity index is 2.48. The fourth-order valence-electron chi connectivity index (χ4n) is 4.45. The molecule has 1 aromatic rings. The van der Waals surface area contributed by atoms with Crippen molar-refractivity contribution in [3.63, 3.8) is 0 Å². The largest absolute Gasteiger partial charge is 0.496 e. The number of ether oxygens (including phenoxy) is 2. The highest BCUT2D eigenvalue weighted by atomic mass is 16.5. The van der Waals surface area contributed by atoms with Gasteiger partial charge < -0.3 is 24.4 Å². The van der Waals surface area contributed by atoms with Crippen LogP contribution in [0.15, 0.2) is 18.2 Å². The first-order chi connectivity index (χ1) is 15.8. The third-order valence-electron chi connectivity index (χ3n) is 6.08. The molecule has 9 heteroatoms. The zero-order valence-corrected chi connectivity index (χ0v) is 21.1. The summed E-state index contributed by atoms with van der Waals surface area (Å²) in [7, 11) is 2.72. The van der Waals surface area contributed by atoms with E-state index in [1.807, 2.05) is 40.7 Å². The number of hydrogen-bond acceptors (Lipinski definition) is 6. The number of carboxylic acids is 1. The summed E-state index contributed by atoms with van der Waals surface area (Å²) in [5, 5.41) is 10.3. The van der Waals surface area contributed by atoms with Crippen molar-refractivity contribution >= 4 is 23.8 Å². The molecule has 1 aromatic carbocycles. The lowest BCUT2D eigenvalue weighted by molar-refractivity contribution is -0.159. The van der Waals surface area contributed by atoms with E-state index in [1.165, 1.54) is 24.0 Å². The van der Waals surface area contributed by atoms with Gasteiger partial charge in [-0.15, -0.1) is 0 Å². The highest BCUT2D eigenvalue weighted by Gasteiger charge is 2.51. The Kier molecular flexibility index (Phi) is 8.34. The van der Waals surface area contributed by atoms with Crippen molar-refractivity contribution in [3.8, 4) is 5.75 Å². The molecular formula is C25H36N2O7. The maximum Gasteiger partial charge on any atom is 0.331 e. The number of carboxylic acid groups (broad SMARTS) is 1. The van der Waals surface area contributed by atoms with Gasteiger partial charge in [-0.1, -0.05) is 40.7 Å². The van der Waals surface area contributed by atoms with E-state index >= 15 is 0 Å². The van der Waals surface area contributed by atoms with Crippen LogP contribution in [0.4, 0.5) is 0 Å². The summed E-state index contributed by atoms with van der Waals surface area (Å²) in [5.41, 5.74) is -0.600. The zero-order chi connectivity index (χ0) is 25.8. The maximum absolute atomic E-state index is 13.7. The minimum Gasteiger partial charge on any atom is -0.496 e. The SMILES string of the molecule is COC(=O)CC(=O)N1CCN(C(=O)c2ccc(C(C)(C)C)c(OC)c2)C(CC(C)C)(C(=O)O)C1. The van der Waals surface area contributed by atoms with E-state index in [0.717, 1.165) is 5.56 Å². The first-order valence-electron chi connectivity index (χ1n) is 11.3. The van der Waals surface area contributed by atoms with Crippen LogP contribution in [0.2, 0.25) is 0 Å². The van der Waals surface area contributed by atoms with Gasteiger partial charge in [0.2, 0.25) is 5.91 Å². The average Bonchev–Trinajstić information content (AvgIpc) is 2.76. The van der Waals surface area contributed by atoms with E-state index < -0.39 is 35.7 Å². The first kappa shape index (κ1) is 27.1. The smallest absolute Gasteiger partial charge is 0.331 e. The number of esters is 1. The molecule has 1 aliphatic rings. The van der Waals surface area contributed by atoms with Crippen LogP contribution < -0.4 is 4.74 Å². The van der Waals surface area contributed by atoms with Gasteiger partial charge in [-0.25, -0.2) is 4.79 Å². The molecule has 188 valence electrons. The summed E-state index contributed by atoms with van der Waals surface area (Å²) >= 11 is 0. The van der Waals surface area contributed by atoms with Crippen LogP contribution in [-0.2, 0) is 24.5 Å². The van der Waals surface area contributed by atoms with Gasteiger partial charge in [-0.3, -0.25) is 14.4 Å². The van der Waals surface area contributed by atoms with Crippen molar-refractivity contribution in [2.45, 2.75) is 58.4 Å². The van der Waals surface area contributed by atoms with Crippen molar-refractivity contribution < 1.29 is 33.8 Å². The average molecular weight is 477 g/mol. The number of amides is 2. The van der Waals surface area contributed by atoms with Gasteiger partial charge in [0.15, 0.2) is 5.54 Å². The lowest BCUT2D eigenvalue weighted by Crippen LogP contribution is -2.68. The molecule has 9 nitrogen and oxygen atoms in total. The van der Waals surface area contributed by atoms with E-state index in [1.54, 1.807) is 12.1 Å². The summed E-state index contributed by atoms with van der Waals surface area (Å²) in [4.78, 5) is 53.2. The molecule has 0 spiro atoms. The standard InChI is InChI=1S/C25H36N2O7/c1-16(2)14-25(23(31)32)15-26(20(28)13-21(29)34-7)10-11-27(25)22(30)17-8-9-18(24(3,4)5)19(12-17)33-6/h8-9,12,16H,10-11,13-15H2,1-7H3,(H,31,32). The van der Waals surface area contributed by atoms with E-state index in [0.29, 0.717) is 11.3 Å². The third-order valence-corrected chi connectivity index (χ3v) is 6.08. The van der Waals surface area contributed by atoms with E-state index in [2.05, 4.69) is 4.74 Å². The molecule has 2 amide bonds. The summed E-state index contributed by atoms with van der Waals surface area (Å²) in [5.74, 6) is -2.37. The molecule has 1 aliphatic heterocycles. The number of carbonyl (C=O) groups is 4. The Morgan fingerprint density at radius 3 is 2.26 bits per heavy atom. The van der Waals surface area contributed by atoms with Crippen molar-refractivity contribution in [1.29, 1.82) is 0 Å². The second kappa shape index (κ2) is 10.4. The number of methoxy groups -OCH3 is 2. The summed E-state index contributed by atoms with van der Waals surface area (Å²) in [6, 6.07) is 5.15. The van der Waals surface area contributed by atoms with E-state index in [9.17, 15) is 24.3 Å². The first-order valence-corrected chi connectivity index (χ1v) is 11.3. The molecular weight excluding hydrogens is 440 g/mol. The second-order valence-corrected chi connectivity index (χ2v) is 10.1. The van der Waals surface area contributed by atoms with E-state index in [4.69, 9.17) is 4.74 Å². The molecule has 0 saturated carbocycles. The molecule has 1 unspecified atom stereocenters. The summed E-state index contributed by atoms with van der Waals surface area (Å²) in [6.07, 6.45) is -0.333. The van der Waals surface area contributed by atoms with Crippen molar-refractivity contribution in [2.75, 3.05) is 33.9 Å².